The van der Waals surface area contributed by atoms with Crippen molar-refractivity contribution in [1.82, 2.24) is 9.21 Å². The van der Waals surface area contributed by atoms with Crippen LogP contribution in [-0.4, -0.2) is 49.7 Å². The normalized spacial score (nSPS) is 17.0. The van der Waals surface area contributed by atoms with Gasteiger partial charge in [0.15, 0.2) is 0 Å². The summed E-state index contributed by atoms with van der Waals surface area (Å²) in [4.78, 5) is 13.3. The van der Waals surface area contributed by atoms with Crippen LogP contribution in [0.5, 0.6) is 0 Å². The number of hydrogen-bond donors (Lipinski definition) is 1. The van der Waals surface area contributed by atoms with Crippen LogP contribution in [0, 0.1) is 13.8 Å². The number of hydrogen-bond acceptors (Lipinski definition) is 4. The summed E-state index contributed by atoms with van der Waals surface area (Å²) in [5.74, 6) is -0.0247. The van der Waals surface area contributed by atoms with E-state index < -0.39 is 10.0 Å². The molecule has 1 aliphatic rings. The second-order valence-electron chi connectivity index (χ2n) is 5.34. The monoisotopic (exact) mass is 311 g/mol. The number of nitrogens with two attached hydrogens (primary N) is 1. The summed E-state index contributed by atoms with van der Waals surface area (Å²) in [5.41, 5.74) is 7.59. The van der Waals surface area contributed by atoms with E-state index in [1.807, 2.05) is 0 Å². The number of nitrogen functional groups attached to an aromatic ring is 1. The maximum absolute atomic E-state index is 12.8. The minimum atomic E-state index is -3.58. The molecule has 1 aromatic rings. The van der Waals surface area contributed by atoms with Crippen molar-refractivity contribution < 1.29 is 13.2 Å². The van der Waals surface area contributed by atoms with Crippen LogP contribution in [0.1, 0.15) is 18.1 Å². The molecule has 7 heteroatoms. The van der Waals surface area contributed by atoms with Gasteiger partial charge in [0.1, 0.15) is 0 Å². The van der Waals surface area contributed by atoms with Gasteiger partial charge in [-0.1, -0.05) is 6.07 Å². The number of nitrogens with zero attached hydrogens (tertiary/aromatic N) is 2. The number of anilines is 1. The summed E-state index contributed by atoms with van der Waals surface area (Å²) in [6.45, 7) is 6.47. The Labute approximate surface area is 125 Å². The molecule has 0 atom stereocenters. The van der Waals surface area contributed by atoms with Crippen LogP contribution < -0.4 is 5.73 Å². The molecule has 1 aromatic carbocycles. The number of aryl methyl sites for hydroxylation is 1. The lowest BCUT2D eigenvalue weighted by molar-refractivity contribution is -0.129. The highest BCUT2D eigenvalue weighted by molar-refractivity contribution is 7.89. The van der Waals surface area contributed by atoms with Crippen LogP contribution in [-0.2, 0) is 14.8 Å². The van der Waals surface area contributed by atoms with Crippen LogP contribution in [0.15, 0.2) is 17.0 Å². The van der Waals surface area contributed by atoms with Crippen LogP contribution in [0.3, 0.4) is 0 Å². The molecule has 0 bridgehead atoms. The van der Waals surface area contributed by atoms with Crippen LogP contribution in [0.4, 0.5) is 5.69 Å². The molecule has 116 valence electrons. The first-order valence-corrected chi connectivity index (χ1v) is 8.30. The lowest BCUT2D eigenvalue weighted by Crippen LogP contribution is -2.50. The lowest BCUT2D eigenvalue weighted by Gasteiger charge is -2.34. The Kier molecular flexibility index (Phi) is 4.25. The maximum Gasteiger partial charge on any atom is 0.243 e. The molecule has 1 saturated heterocycles. The van der Waals surface area contributed by atoms with Gasteiger partial charge < -0.3 is 10.6 Å². The van der Waals surface area contributed by atoms with E-state index >= 15 is 0 Å². The van der Waals surface area contributed by atoms with Crippen molar-refractivity contribution >= 4 is 21.6 Å². The van der Waals surface area contributed by atoms with E-state index in [1.54, 1.807) is 30.9 Å². The first kappa shape index (κ1) is 15.8. The summed E-state index contributed by atoms with van der Waals surface area (Å²) in [7, 11) is -3.58. The Bertz CT molecular complexity index is 662. The topological polar surface area (TPSA) is 83.7 Å². The third kappa shape index (κ3) is 2.89. The highest BCUT2D eigenvalue weighted by Gasteiger charge is 2.31. The minimum Gasteiger partial charge on any atom is -0.398 e. The molecule has 6 nitrogen and oxygen atoms in total. The fraction of sp³-hybridized carbons (Fsp3) is 0.500. The molecule has 0 saturated carbocycles. The molecule has 2 rings (SSSR count). The Hall–Kier alpha value is -1.60. The van der Waals surface area contributed by atoms with E-state index in [1.165, 1.54) is 11.2 Å². The number of sulfonamides is 1. The number of amides is 1. The van der Waals surface area contributed by atoms with E-state index in [-0.39, 0.29) is 5.91 Å². The Morgan fingerprint density at radius 1 is 1.14 bits per heavy atom. The van der Waals surface area contributed by atoms with Gasteiger partial charge in [-0.25, -0.2) is 8.42 Å². The molecule has 1 aliphatic heterocycles. The van der Waals surface area contributed by atoms with Gasteiger partial charge in [-0.05, 0) is 31.0 Å². The van der Waals surface area contributed by atoms with Crippen LogP contribution in [0.2, 0.25) is 0 Å². The molecule has 1 amide bonds. The molecular formula is C14H21N3O3S. The predicted octanol–water partition coefficient (Wildman–Crippen LogP) is 0.738. The lowest BCUT2D eigenvalue weighted by atomic mass is 10.1. The molecule has 21 heavy (non-hydrogen) atoms. The molecule has 1 heterocycles. The van der Waals surface area contributed by atoms with Crippen molar-refractivity contribution in [2.75, 3.05) is 31.9 Å². The van der Waals surface area contributed by atoms with Gasteiger partial charge >= 0.3 is 0 Å². The largest absolute Gasteiger partial charge is 0.398 e. The summed E-state index contributed by atoms with van der Waals surface area (Å²) in [6.07, 6.45) is 0. The van der Waals surface area contributed by atoms with E-state index in [0.29, 0.717) is 47.9 Å². The molecule has 0 aliphatic carbocycles. The van der Waals surface area contributed by atoms with Crippen molar-refractivity contribution in [2.24, 2.45) is 0 Å². The standard InChI is InChI=1S/C14H21N3O3S/c1-10-4-5-13(15)11(2)14(10)21(19,20)17-8-6-16(7-9-17)12(3)18/h4-5H,6-9,15H2,1-3H3. The number of benzene rings is 1. The third-order valence-electron chi connectivity index (χ3n) is 3.93. The summed E-state index contributed by atoms with van der Waals surface area (Å²) >= 11 is 0. The van der Waals surface area contributed by atoms with Crippen molar-refractivity contribution in [3.05, 3.63) is 23.3 Å². The molecule has 0 spiro atoms. The van der Waals surface area contributed by atoms with E-state index in [0.717, 1.165) is 0 Å². The fourth-order valence-corrected chi connectivity index (χ4v) is 4.49. The second kappa shape index (κ2) is 5.65. The van der Waals surface area contributed by atoms with Gasteiger partial charge in [0, 0.05) is 38.8 Å². The molecule has 0 radical (unpaired) electrons. The van der Waals surface area contributed by atoms with Gasteiger partial charge in [-0.2, -0.15) is 4.31 Å². The summed E-state index contributed by atoms with van der Waals surface area (Å²) in [5, 5.41) is 0. The SMILES string of the molecule is CC(=O)N1CCN(S(=O)(=O)c2c(C)ccc(N)c2C)CC1. The van der Waals surface area contributed by atoms with Crippen LogP contribution in [0.25, 0.3) is 0 Å². The number of carbonyl (C=O) groups is 1. The smallest absolute Gasteiger partial charge is 0.243 e. The minimum absolute atomic E-state index is 0.0247. The van der Waals surface area contributed by atoms with Gasteiger partial charge in [0.05, 0.1) is 4.90 Å². The summed E-state index contributed by atoms with van der Waals surface area (Å²) in [6, 6.07) is 3.44. The quantitative estimate of drug-likeness (QED) is 0.817. The van der Waals surface area contributed by atoms with E-state index in [2.05, 4.69) is 0 Å². The fourth-order valence-electron chi connectivity index (χ4n) is 2.61. The second-order valence-corrected chi connectivity index (χ2v) is 7.21. The molecule has 0 unspecified atom stereocenters. The number of piperazine rings is 1. The van der Waals surface area contributed by atoms with Gasteiger partial charge in [0.2, 0.25) is 15.9 Å². The Morgan fingerprint density at radius 2 is 1.71 bits per heavy atom. The first-order valence-electron chi connectivity index (χ1n) is 6.86. The van der Waals surface area contributed by atoms with Gasteiger partial charge in [0.25, 0.3) is 0 Å². The highest BCUT2D eigenvalue weighted by Crippen LogP contribution is 2.28. The maximum atomic E-state index is 12.8. The third-order valence-corrected chi connectivity index (χ3v) is 6.12. The molecular weight excluding hydrogens is 290 g/mol. The molecule has 2 N–H and O–H groups in total. The van der Waals surface area contributed by atoms with Gasteiger partial charge in [-0.3, -0.25) is 4.79 Å². The summed E-state index contributed by atoms with van der Waals surface area (Å²) < 4.78 is 27.1. The van der Waals surface area contributed by atoms with Gasteiger partial charge in [-0.15, -0.1) is 0 Å². The zero-order valence-electron chi connectivity index (χ0n) is 12.6. The van der Waals surface area contributed by atoms with Crippen molar-refractivity contribution in [1.29, 1.82) is 0 Å². The average molecular weight is 311 g/mol. The van der Waals surface area contributed by atoms with Crippen LogP contribution >= 0.6 is 0 Å². The zero-order valence-corrected chi connectivity index (χ0v) is 13.4. The first-order chi connectivity index (χ1) is 9.75. The zero-order chi connectivity index (χ0) is 15.8. The number of rotatable bonds is 2. The molecule has 1 fully saturated rings. The van der Waals surface area contributed by atoms with Crippen molar-refractivity contribution in [3.8, 4) is 0 Å². The Morgan fingerprint density at radius 3 is 2.24 bits per heavy atom. The molecule has 0 aromatic heterocycles. The van der Waals surface area contributed by atoms with E-state index in [4.69, 9.17) is 5.73 Å². The predicted molar refractivity (Wildman–Crippen MR) is 81.3 cm³/mol. The average Bonchev–Trinajstić information content (AvgIpc) is 2.43. The Balaban J connectivity index is 2.32. The number of carbonyl (C=O) groups excluding carboxylic acids is 1. The van der Waals surface area contributed by atoms with E-state index in [9.17, 15) is 13.2 Å². The highest BCUT2D eigenvalue weighted by atomic mass is 32.2. The van der Waals surface area contributed by atoms with Crippen molar-refractivity contribution in [3.63, 3.8) is 0 Å². The van der Waals surface area contributed by atoms with Crippen molar-refractivity contribution in [2.45, 2.75) is 25.7 Å².